The van der Waals surface area contributed by atoms with Crippen molar-refractivity contribution in [3.63, 3.8) is 0 Å². The van der Waals surface area contributed by atoms with Gasteiger partial charge in [-0.3, -0.25) is 9.59 Å². The Bertz CT molecular complexity index is 721. The fraction of sp³-hybridized carbons (Fsp3) is 0.263. The van der Waals surface area contributed by atoms with Gasteiger partial charge in [-0.2, -0.15) is 0 Å². The molecule has 4 nitrogen and oxygen atoms in total. The first-order valence-corrected chi connectivity index (χ1v) is 8.40. The van der Waals surface area contributed by atoms with Crippen molar-refractivity contribution in [2.24, 2.45) is 0 Å². The van der Waals surface area contributed by atoms with Crippen molar-refractivity contribution in [2.45, 2.75) is 26.3 Å². The number of benzene rings is 2. The van der Waals surface area contributed by atoms with Gasteiger partial charge >= 0.3 is 5.97 Å². The number of esters is 1. The molecule has 1 atom stereocenters. The minimum Gasteiger partial charge on any atom is -0.469 e. The Morgan fingerprint density at radius 1 is 1.08 bits per heavy atom. The van der Waals surface area contributed by atoms with Gasteiger partial charge in [0.15, 0.2) is 0 Å². The third-order valence-electron chi connectivity index (χ3n) is 3.66. The lowest BCUT2D eigenvalue weighted by atomic mass is 10.0. The number of halogens is 1. The van der Waals surface area contributed by atoms with Gasteiger partial charge in [-0.05, 0) is 43.7 Å². The van der Waals surface area contributed by atoms with Gasteiger partial charge in [-0.25, -0.2) is 0 Å². The molecule has 1 unspecified atom stereocenters. The molecule has 2 rings (SSSR count). The minimum absolute atomic E-state index is 0.0780. The van der Waals surface area contributed by atoms with E-state index in [0.29, 0.717) is 5.56 Å². The average Bonchev–Trinajstić information content (AvgIpc) is 2.53. The number of hydrogen-bond acceptors (Lipinski definition) is 3. The predicted octanol–water partition coefficient (Wildman–Crippen LogP) is 4.10. The van der Waals surface area contributed by atoms with E-state index in [0.717, 1.165) is 21.2 Å². The van der Waals surface area contributed by atoms with Crippen LogP contribution in [0.15, 0.2) is 46.9 Å². The third kappa shape index (κ3) is 4.93. The van der Waals surface area contributed by atoms with Gasteiger partial charge in [0, 0.05) is 10.0 Å². The molecule has 0 fully saturated rings. The van der Waals surface area contributed by atoms with Crippen molar-refractivity contribution in [1.82, 2.24) is 5.32 Å². The van der Waals surface area contributed by atoms with E-state index in [1.165, 1.54) is 7.11 Å². The van der Waals surface area contributed by atoms with Gasteiger partial charge in [0.1, 0.15) is 0 Å². The van der Waals surface area contributed by atoms with Gasteiger partial charge in [0.2, 0.25) is 0 Å². The maximum atomic E-state index is 12.6. The number of carbonyl (C=O) groups excluding carboxylic acids is 2. The second-order valence-electron chi connectivity index (χ2n) is 5.73. The van der Waals surface area contributed by atoms with Crippen LogP contribution < -0.4 is 5.32 Å². The van der Waals surface area contributed by atoms with E-state index in [9.17, 15) is 9.59 Å². The number of methoxy groups -OCH3 is 1. The molecule has 2 aromatic rings. The molecule has 0 saturated carbocycles. The third-order valence-corrected chi connectivity index (χ3v) is 4.19. The molecule has 0 aliphatic carbocycles. The van der Waals surface area contributed by atoms with Crippen molar-refractivity contribution in [1.29, 1.82) is 0 Å². The summed E-state index contributed by atoms with van der Waals surface area (Å²) in [6.07, 6.45) is 0.0780. The zero-order valence-corrected chi connectivity index (χ0v) is 15.5. The molecule has 0 radical (unpaired) electrons. The molecule has 0 saturated heterocycles. The molecular formula is C19H20BrNO3. The van der Waals surface area contributed by atoms with Crippen LogP contribution >= 0.6 is 15.9 Å². The number of aryl methyl sites for hydroxylation is 2. The summed E-state index contributed by atoms with van der Waals surface area (Å²) in [5.41, 5.74) is 3.47. The second-order valence-corrected chi connectivity index (χ2v) is 6.65. The Kier molecular flexibility index (Phi) is 6.15. The summed E-state index contributed by atoms with van der Waals surface area (Å²) < 4.78 is 5.69. The zero-order chi connectivity index (χ0) is 17.7. The topological polar surface area (TPSA) is 55.4 Å². The van der Waals surface area contributed by atoms with Gasteiger partial charge in [-0.1, -0.05) is 45.3 Å². The maximum Gasteiger partial charge on any atom is 0.307 e. The number of ether oxygens (including phenoxy) is 1. The summed E-state index contributed by atoms with van der Waals surface area (Å²) in [5.74, 6) is -0.581. The average molecular weight is 390 g/mol. The molecule has 24 heavy (non-hydrogen) atoms. The predicted molar refractivity (Wildman–Crippen MR) is 96.9 cm³/mol. The normalized spacial score (nSPS) is 11.7. The first kappa shape index (κ1) is 18.2. The van der Waals surface area contributed by atoms with E-state index in [1.807, 2.05) is 56.3 Å². The standard InChI is InChI=1S/C19H20BrNO3/c1-12-8-13(2)10-15(9-12)19(23)21-17(11-18(22)24-3)14-4-6-16(20)7-5-14/h4-10,17H,11H2,1-3H3,(H,21,23). The molecule has 126 valence electrons. The van der Waals surface area contributed by atoms with Crippen LogP contribution in [0.2, 0.25) is 0 Å². The lowest BCUT2D eigenvalue weighted by Crippen LogP contribution is -2.30. The van der Waals surface area contributed by atoms with Crippen LogP contribution in [0.3, 0.4) is 0 Å². The minimum atomic E-state index is -0.445. The molecule has 0 bridgehead atoms. The Morgan fingerprint density at radius 3 is 2.21 bits per heavy atom. The molecule has 0 aliphatic heterocycles. The van der Waals surface area contributed by atoms with Crippen LogP contribution in [-0.4, -0.2) is 19.0 Å². The van der Waals surface area contributed by atoms with Crippen LogP contribution in [0.5, 0.6) is 0 Å². The van der Waals surface area contributed by atoms with E-state index in [1.54, 1.807) is 0 Å². The summed E-state index contributed by atoms with van der Waals surface area (Å²) in [4.78, 5) is 24.3. The Balaban J connectivity index is 2.25. The number of nitrogens with one attached hydrogen (secondary N) is 1. The van der Waals surface area contributed by atoms with E-state index < -0.39 is 6.04 Å². The molecular weight excluding hydrogens is 370 g/mol. The van der Waals surface area contributed by atoms with Gasteiger partial charge in [0.25, 0.3) is 5.91 Å². The highest BCUT2D eigenvalue weighted by atomic mass is 79.9. The first-order chi connectivity index (χ1) is 11.4. The zero-order valence-electron chi connectivity index (χ0n) is 13.9. The molecule has 2 aromatic carbocycles. The maximum absolute atomic E-state index is 12.6. The number of carbonyl (C=O) groups is 2. The highest BCUT2D eigenvalue weighted by Crippen LogP contribution is 2.21. The van der Waals surface area contributed by atoms with Crippen molar-refractivity contribution in [3.05, 3.63) is 69.2 Å². The van der Waals surface area contributed by atoms with E-state index in [2.05, 4.69) is 21.2 Å². The lowest BCUT2D eigenvalue weighted by molar-refractivity contribution is -0.141. The van der Waals surface area contributed by atoms with Crippen molar-refractivity contribution >= 4 is 27.8 Å². The van der Waals surface area contributed by atoms with E-state index in [-0.39, 0.29) is 18.3 Å². The summed E-state index contributed by atoms with van der Waals surface area (Å²) in [6.45, 7) is 3.90. The van der Waals surface area contributed by atoms with Gasteiger partial charge < -0.3 is 10.1 Å². The summed E-state index contributed by atoms with van der Waals surface area (Å²) in [6, 6.07) is 12.7. The van der Waals surface area contributed by atoms with Crippen LogP contribution in [0.4, 0.5) is 0 Å². The molecule has 1 amide bonds. The van der Waals surface area contributed by atoms with Crippen molar-refractivity contribution < 1.29 is 14.3 Å². The Labute approximate surface area is 150 Å². The molecule has 1 N–H and O–H groups in total. The Hall–Kier alpha value is -2.14. The van der Waals surface area contributed by atoms with Crippen molar-refractivity contribution in [3.8, 4) is 0 Å². The second kappa shape index (κ2) is 8.11. The van der Waals surface area contributed by atoms with Crippen molar-refractivity contribution in [2.75, 3.05) is 7.11 Å². The first-order valence-electron chi connectivity index (χ1n) is 7.60. The number of rotatable bonds is 5. The van der Waals surface area contributed by atoms with Crippen LogP contribution in [0, 0.1) is 13.8 Å². The molecule has 0 heterocycles. The SMILES string of the molecule is COC(=O)CC(NC(=O)c1cc(C)cc(C)c1)c1ccc(Br)cc1. The molecule has 0 aromatic heterocycles. The lowest BCUT2D eigenvalue weighted by Gasteiger charge is -2.19. The fourth-order valence-corrected chi connectivity index (χ4v) is 2.81. The highest BCUT2D eigenvalue weighted by molar-refractivity contribution is 9.10. The smallest absolute Gasteiger partial charge is 0.307 e. The van der Waals surface area contributed by atoms with Gasteiger partial charge in [-0.15, -0.1) is 0 Å². The summed E-state index contributed by atoms with van der Waals surface area (Å²) in [7, 11) is 1.34. The molecule has 5 heteroatoms. The summed E-state index contributed by atoms with van der Waals surface area (Å²) in [5, 5.41) is 2.93. The summed E-state index contributed by atoms with van der Waals surface area (Å²) >= 11 is 3.38. The highest BCUT2D eigenvalue weighted by Gasteiger charge is 2.20. The van der Waals surface area contributed by atoms with E-state index >= 15 is 0 Å². The van der Waals surface area contributed by atoms with Crippen LogP contribution in [0.25, 0.3) is 0 Å². The quantitative estimate of drug-likeness (QED) is 0.783. The fourth-order valence-electron chi connectivity index (χ4n) is 2.54. The van der Waals surface area contributed by atoms with Crippen LogP contribution in [-0.2, 0) is 9.53 Å². The number of amides is 1. The largest absolute Gasteiger partial charge is 0.469 e. The monoisotopic (exact) mass is 389 g/mol. The number of hydrogen-bond donors (Lipinski definition) is 1. The molecule has 0 spiro atoms. The Morgan fingerprint density at radius 2 is 1.67 bits per heavy atom. The van der Waals surface area contributed by atoms with Gasteiger partial charge in [0.05, 0.1) is 19.6 Å². The molecule has 0 aliphatic rings. The van der Waals surface area contributed by atoms with E-state index in [4.69, 9.17) is 4.74 Å². The van der Waals surface area contributed by atoms with Crippen LogP contribution in [0.1, 0.15) is 39.5 Å².